The summed E-state index contributed by atoms with van der Waals surface area (Å²) in [6.45, 7) is 4.37. The summed E-state index contributed by atoms with van der Waals surface area (Å²) in [6.07, 6.45) is 7.50. The first-order valence-corrected chi connectivity index (χ1v) is 5.33. The Hall–Kier alpha value is -2.29. The fourth-order valence-electron chi connectivity index (χ4n) is 1.28. The Kier molecular flexibility index (Phi) is 5.96. The molecule has 17 heavy (non-hydrogen) atoms. The first-order chi connectivity index (χ1) is 8.36. The monoisotopic (exact) mass is 228 g/mol. The van der Waals surface area contributed by atoms with E-state index in [-0.39, 0.29) is 0 Å². The molecular formula is C14H16N2O. The summed E-state index contributed by atoms with van der Waals surface area (Å²) < 4.78 is 0. The van der Waals surface area contributed by atoms with Gasteiger partial charge < -0.3 is 10.6 Å². The van der Waals surface area contributed by atoms with Crippen molar-refractivity contribution >= 4 is 6.41 Å². The van der Waals surface area contributed by atoms with E-state index in [0.29, 0.717) is 6.41 Å². The van der Waals surface area contributed by atoms with Gasteiger partial charge in [-0.2, -0.15) is 0 Å². The zero-order valence-electron chi connectivity index (χ0n) is 9.60. The van der Waals surface area contributed by atoms with Gasteiger partial charge in [0.15, 0.2) is 0 Å². The van der Waals surface area contributed by atoms with Crippen LogP contribution < -0.4 is 10.6 Å². The number of carbonyl (C=O) groups is 1. The summed E-state index contributed by atoms with van der Waals surface area (Å²) in [5.74, 6) is 0. The summed E-state index contributed by atoms with van der Waals surface area (Å²) in [5, 5.41) is 5.70. The summed E-state index contributed by atoms with van der Waals surface area (Å²) in [7, 11) is 0. The average Bonchev–Trinajstić information content (AvgIpc) is 2.37. The molecule has 0 atom stereocenters. The second-order valence-electron chi connectivity index (χ2n) is 3.31. The number of rotatable bonds is 7. The van der Waals surface area contributed by atoms with E-state index in [1.165, 1.54) is 5.56 Å². The Bertz CT molecular complexity index is 407. The predicted molar refractivity (Wildman–Crippen MR) is 69.9 cm³/mol. The second kappa shape index (κ2) is 7.93. The van der Waals surface area contributed by atoms with Crippen LogP contribution in [0.1, 0.15) is 5.56 Å². The Morgan fingerprint density at radius 2 is 2.06 bits per heavy atom. The molecule has 0 saturated heterocycles. The molecule has 1 aromatic rings. The largest absolute Gasteiger partial charge is 0.381 e. The Balaban J connectivity index is 2.53. The van der Waals surface area contributed by atoms with Gasteiger partial charge in [-0.25, -0.2) is 0 Å². The highest BCUT2D eigenvalue weighted by Gasteiger charge is 1.92. The topological polar surface area (TPSA) is 41.1 Å². The maximum absolute atomic E-state index is 10.1. The van der Waals surface area contributed by atoms with E-state index in [4.69, 9.17) is 0 Å². The lowest BCUT2D eigenvalue weighted by Crippen LogP contribution is -2.12. The summed E-state index contributed by atoms with van der Waals surface area (Å²) in [4.78, 5) is 10.1. The minimum Gasteiger partial charge on any atom is -0.381 e. The van der Waals surface area contributed by atoms with Gasteiger partial charge in [0.05, 0.1) is 0 Å². The molecule has 0 radical (unpaired) electrons. The Morgan fingerprint density at radius 1 is 1.29 bits per heavy atom. The molecule has 0 spiro atoms. The lowest BCUT2D eigenvalue weighted by molar-refractivity contribution is -0.108. The Morgan fingerprint density at radius 3 is 2.71 bits per heavy atom. The number of nitrogens with one attached hydrogen (secondary N) is 2. The van der Waals surface area contributed by atoms with Crippen LogP contribution in [0.4, 0.5) is 0 Å². The first-order valence-electron chi connectivity index (χ1n) is 5.33. The molecule has 3 nitrogen and oxygen atoms in total. The summed E-state index contributed by atoms with van der Waals surface area (Å²) in [5.41, 5.74) is 2.08. The fourth-order valence-corrected chi connectivity index (χ4v) is 1.28. The van der Waals surface area contributed by atoms with E-state index in [0.717, 1.165) is 12.2 Å². The van der Waals surface area contributed by atoms with Crippen molar-refractivity contribution < 1.29 is 4.79 Å². The lowest BCUT2D eigenvalue weighted by Gasteiger charge is -2.06. The maximum Gasteiger partial charge on any atom is 0.211 e. The first kappa shape index (κ1) is 12.8. The van der Waals surface area contributed by atoms with Gasteiger partial charge in [-0.15, -0.1) is 0 Å². The van der Waals surface area contributed by atoms with Gasteiger partial charge >= 0.3 is 0 Å². The van der Waals surface area contributed by atoms with Gasteiger partial charge in [0.25, 0.3) is 0 Å². The molecule has 0 aliphatic rings. The van der Waals surface area contributed by atoms with Crippen LogP contribution >= 0.6 is 0 Å². The molecular weight excluding hydrogens is 212 g/mol. The predicted octanol–water partition coefficient (Wildman–Crippen LogP) is 2.11. The highest BCUT2D eigenvalue weighted by molar-refractivity contribution is 5.48. The van der Waals surface area contributed by atoms with Crippen molar-refractivity contribution in [1.82, 2.24) is 10.6 Å². The van der Waals surface area contributed by atoms with Crippen LogP contribution in [0.3, 0.4) is 0 Å². The molecule has 2 N–H and O–H groups in total. The molecule has 1 aromatic carbocycles. The van der Waals surface area contributed by atoms with E-state index in [1.807, 2.05) is 36.4 Å². The fraction of sp³-hybridized carbons (Fsp3) is 0.0714. The van der Waals surface area contributed by atoms with Gasteiger partial charge in [-0.1, -0.05) is 43.0 Å². The van der Waals surface area contributed by atoms with Gasteiger partial charge in [-0.3, -0.25) is 4.79 Å². The lowest BCUT2D eigenvalue weighted by atomic mass is 10.2. The van der Waals surface area contributed by atoms with Crippen molar-refractivity contribution in [2.24, 2.45) is 0 Å². The van der Waals surface area contributed by atoms with Gasteiger partial charge in [-0.05, 0) is 17.7 Å². The van der Waals surface area contributed by atoms with Crippen LogP contribution in [-0.4, -0.2) is 6.41 Å². The standard InChI is InChI=1S/C14H16N2O/c1-2-6-14(9-10-15-12-17)16-11-13-7-4-3-5-8-13/h2-10,12,16H,1,11H2,(H,15,17)/b10-9+,14-6+. The van der Waals surface area contributed by atoms with Gasteiger partial charge in [0.1, 0.15) is 0 Å². The van der Waals surface area contributed by atoms with Crippen LogP contribution in [0.2, 0.25) is 0 Å². The second-order valence-corrected chi connectivity index (χ2v) is 3.31. The third-order valence-corrected chi connectivity index (χ3v) is 2.06. The van der Waals surface area contributed by atoms with Crippen molar-refractivity contribution in [3.63, 3.8) is 0 Å². The highest BCUT2D eigenvalue weighted by Crippen LogP contribution is 2.00. The number of benzene rings is 1. The molecule has 3 heteroatoms. The van der Waals surface area contributed by atoms with Crippen molar-refractivity contribution in [3.8, 4) is 0 Å². The molecule has 0 aromatic heterocycles. The third kappa shape index (κ3) is 5.37. The molecule has 0 heterocycles. The number of allylic oxidation sites excluding steroid dienone is 3. The van der Waals surface area contributed by atoms with E-state index in [2.05, 4.69) is 17.2 Å². The van der Waals surface area contributed by atoms with Crippen molar-refractivity contribution in [2.75, 3.05) is 0 Å². The van der Waals surface area contributed by atoms with Crippen molar-refractivity contribution in [3.05, 3.63) is 72.6 Å². The van der Waals surface area contributed by atoms with Crippen molar-refractivity contribution in [2.45, 2.75) is 6.54 Å². The molecule has 1 rings (SSSR count). The molecule has 0 aliphatic carbocycles. The summed E-state index contributed by atoms with van der Waals surface area (Å²) >= 11 is 0. The van der Waals surface area contributed by atoms with Gasteiger partial charge in [0, 0.05) is 18.4 Å². The van der Waals surface area contributed by atoms with E-state index < -0.39 is 0 Å². The minimum atomic E-state index is 0.624. The maximum atomic E-state index is 10.1. The summed E-state index contributed by atoms with van der Waals surface area (Å²) in [6, 6.07) is 10.1. The van der Waals surface area contributed by atoms with Crippen LogP contribution in [0.5, 0.6) is 0 Å². The minimum absolute atomic E-state index is 0.624. The van der Waals surface area contributed by atoms with Gasteiger partial charge in [0.2, 0.25) is 6.41 Å². The molecule has 0 saturated carbocycles. The van der Waals surface area contributed by atoms with Crippen molar-refractivity contribution in [1.29, 1.82) is 0 Å². The normalized spacial score (nSPS) is 11.2. The quantitative estimate of drug-likeness (QED) is 0.554. The van der Waals surface area contributed by atoms with E-state index >= 15 is 0 Å². The third-order valence-electron chi connectivity index (χ3n) is 2.06. The zero-order chi connectivity index (χ0) is 12.3. The molecule has 1 amide bonds. The van der Waals surface area contributed by atoms with Crippen LogP contribution in [0, 0.1) is 0 Å². The average molecular weight is 228 g/mol. The SMILES string of the molecule is C=C/C=C(\C=C\NC=O)NCc1ccccc1. The highest BCUT2D eigenvalue weighted by atomic mass is 16.1. The van der Waals surface area contributed by atoms with Crippen LogP contribution in [-0.2, 0) is 11.3 Å². The number of carbonyl (C=O) groups excluding carboxylic acids is 1. The molecule has 0 aliphatic heterocycles. The van der Waals surface area contributed by atoms with E-state index in [9.17, 15) is 4.79 Å². The van der Waals surface area contributed by atoms with Crippen LogP contribution in [0.25, 0.3) is 0 Å². The molecule has 0 unspecified atom stereocenters. The molecule has 88 valence electrons. The molecule has 0 bridgehead atoms. The smallest absolute Gasteiger partial charge is 0.211 e. The Labute approximate surface area is 102 Å². The zero-order valence-corrected chi connectivity index (χ0v) is 9.60. The number of hydrogen-bond acceptors (Lipinski definition) is 2. The van der Waals surface area contributed by atoms with Crippen LogP contribution in [0.15, 0.2) is 67.0 Å². The molecule has 0 fully saturated rings. The number of amides is 1. The van der Waals surface area contributed by atoms with E-state index in [1.54, 1.807) is 18.4 Å². The number of hydrogen-bond donors (Lipinski definition) is 2.